The Morgan fingerprint density at radius 3 is 2.29 bits per heavy atom. The van der Waals surface area contributed by atoms with Crippen molar-refractivity contribution in [3.63, 3.8) is 0 Å². The standard InChI is InChI=1S/C23H28N2O3/c1-2-16-25(20-12-14-24-15-13-20)22(26)17-28-21-10-8-19(9-11-21)23(27)18-6-4-3-5-7-18/h3-11,20,24H,2,12-17H2,1H3. The molecule has 1 amide bonds. The summed E-state index contributed by atoms with van der Waals surface area (Å²) in [5.41, 5.74) is 1.26. The van der Waals surface area contributed by atoms with Crippen molar-refractivity contribution in [1.82, 2.24) is 10.2 Å². The van der Waals surface area contributed by atoms with Gasteiger partial charge in [-0.2, -0.15) is 0 Å². The van der Waals surface area contributed by atoms with Crippen molar-refractivity contribution in [2.45, 2.75) is 32.2 Å². The molecule has 1 saturated heterocycles. The first-order valence-corrected chi connectivity index (χ1v) is 10.0. The van der Waals surface area contributed by atoms with Gasteiger partial charge in [0.1, 0.15) is 5.75 Å². The highest BCUT2D eigenvalue weighted by atomic mass is 16.5. The van der Waals surface area contributed by atoms with E-state index in [0.29, 0.717) is 22.9 Å². The van der Waals surface area contributed by atoms with Gasteiger partial charge in [0.05, 0.1) is 0 Å². The molecule has 1 aliphatic heterocycles. The second kappa shape index (κ2) is 10.0. The van der Waals surface area contributed by atoms with Gasteiger partial charge in [-0.1, -0.05) is 37.3 Å². The van der Waals surface area contributed by atoms with Crippen LogP contribution in [0.5, 0.6) is 5.75 Å². The number of nitrogens with one attached hydrogen (secondary N) is 1. The lowest BCUT2D eigenvalue weighted by Gasteiger charge is -2.34. The quantitative estimate of drug-likeness (QED) is 0.714. The van der Waals surface area contributed by atoms with Gasteiger partial charge in [-0.05, 0) is 56.6 Å². The minimum absolute atomic E-state index is 0.0237. The summed E-state index contributed by atoms with van der Waals surface area (Å²) in [5.74, 6) is 0.598. The predicted molar refractivity (Wildman–Crippen MR) is 110 cm³/mol. The summed E-state index contributed by atoms with van der Waals surface area (Å²) in [7, 11) is 0. The van der Waals surface area contributed by atoms with Crippen molar-refractivity contribution < 1.29 is 14.3 Å². The van der Waals surface area contributed by atoms with Crippen molar-refractivity contribution in [1.29, 1.82) is 0 Å². The maximum absolute atomic E-state index is 12.7. The number of benzene rings is 2. The maximum Gasteiger partial charge on any atom is 0.260 e. The summed E-state index contributed by atoms with van der Waals surface area (Å²) in [4.78, 5) is 27.1. The Morgan fingerprint density at radius 1 is 1.00 bits per heavy atom. The number of amides is 1. The van der Waals surface area contributed by atoms with Crippen LogP contribution < -0.4 is 10.1 Å². The van der Waals surface area contributed by atoms with Crippen LogP contribution in [0, 0.1) is 0 Å². The van der Waals surface area contributed by atoms with E-state index in [1.54, 1.807) is 36.4 Å². The predicted octanol–water partition coefficient (Wildman–Crippen LogP) is 3.29. The number of hydrogen-bond donors (Lipinski definition) is 1. The molecule has 0 aromatic heterocycles. The van der Waals surface area contributed by atoms with Gasteiger partial charge in [-0.15, -0.1) is 0 Å². The summed E-state index contributed by atoms with van der Waals surface area (Å²) in [5, 5.41) is 3.34. The molecular weight excluding hydrogens is 352 g/mol. The Bertz CT molecular complexity index is 768. The van der Waals surface area contributed by atoms with Gasteiger partial charge in [0.2, 0.25) is 0 Å². The fraction of sp³-hybridized carbons (Fsp3) is 0.391. The molecule has 28 heavy (non-hydrogen) atoms. The van der Waals surface area contributed by atoms with E-state index >= 15 is 0 Å². The highest BCUT2D eigenvalue weighted by Crippen LogP contribution is 2.17. The molecule has 2 aromatic rings. The summed E-state index contributed by atoms with van der Waals surface area (Å²) in [6.45, 7) is 4.78. The molecule has 0 spiro atoms. The Kier molecular flexibility index (Phi) is 7.20. The lowest BCUT2D eigenvalue weighted by atomic mass is 10.0. The largest absolute Gasteiger partial charge is 0.484 e. The molecule has 0 aliphatic carbocycles. The molecular formula is C23H28N2O3. The number of ether oxygens (including phenoxy) is 1. The molecule has 0 atom stereocenters. The van der Waals surface area contributed by atoms with Crippen LogP contribution in [0.25, 0.3) is 0 Å². The van der Waals surface area contributed by atoms with E-state index in [-0.39, 0.29) is 18.3 Å². The van der Waals surface area contributed by atoms with E-state index in [1.165, 1.54) is 0 Å². The number of carbonyl (C=O) groups is 2. The van der Waals surface area contributed by atoms with Crippen LogP contribution in [0.4, 0.5) is 0 Å². The minimum atomic E-state index is -0.0248. The Morgan fingerprint density at radius 2 is 1.64 bits per heavy atom. The maximum atomic E-state index is 12.7. The zero-order valence-electron chi connectivity index (χ0n) is 16.4. The lowest BCUT2D eigenvalue weighted by Crippen LogP contribution is -2.48. The molecule has 5 nitrogen and oxygen atoms in total. The van der Waals surface area contributed by atoms with E-state index in [2.05, 4.69) is 12.2 Å². The second-order valence-corrected chi connectivity index (χ2v) is 7.08. The van der Waals surface area contributed by atoms with Crippen molar-refractivity contribution >= 4 is 11.7 Å². The number of rotatable bonds is 8. The van der Waals surface area contributed by atoms with E-state index in [9.17, 15) is 9.59 Å². The first-order chi connectivity index (χ1) is 13.7. The highest BCUT2D eigenvalue weighted by molar-refractivity contribution is 6.08. The number of piperidine rings is 1. The zero-order valence-corrected chi connectivity index (χ0v) is 16.4. The third kappa shape index (κ3) is 5.20. The normalized spacial score (nSPS) is 14.5. The Balaban J connectivity index is 1.57. The molecule has 1 N–H and O–H groups in total. The average Bonchev–Trinajstić information content (AvgIpc) is 2.77. The van der Waals surface area contributed by atoms with Crippen molar-refractivity contribution in [3.05, 3.63) is 65.7 Å². The summed E-state index contributed by atoms with van der Waals surface area (Å²) in [6.07, 6.45) is 2.91. The number of hydrogen-bond acceptors (Lipinski definition) is 4. The van der Waals surface area contributed by atoms with Gasteiger partial charge in [-0.3, -0.25) is 9.59 Å². The Hall–Kier alpha value is -2.66. The molecule has 5 heteroatoms. The van der Waals surface area contributed by atoms with Gasteiger partial charge < -0.3 is 15.0 Å². The van der Waals surface area contributed by atoms with Gasteiger partial charge >= 0.3 is 0 Å². The molecule has 148 valence electrons. The summed E-state index contributed by atoms with van der Waals surface area (Å²) in [6, 6.07) is 16.5. The van der Waals surface area contributed by atoms with Gasteiger partial charge in [0.25, 0.3) is 5.91 Å². The lowest BCUT2D eigenvalue weighted by molar-refractivity contribution is -0.136. The van der Waals surface area contributed by atoms with Crippen molar-refractivity contribution in [2.24, 2.45) is 0 Å². The van der Waals surface area contributed by atoms with Gasteiger partial charge in [-0.25, -0.2) is 0 Å². The molecule has 0 saturated carbocycles. The highest BCUT2D eigenvalue weighted by Gasteiger charge is 2.24. The molecule has 3 rings (SSSR count). The van der Waals surface area contributed by atoms with Crippen LogP contribution in [0.2, 0.25) is 0 Å². The third-order valence-electron chi connectivity index (χ3n) is 5.05. The van der Waals surface area contributed by atoms with E-state index in [4.69, 9.17) is 4.74 Å². The van der Waals surface area contributed by atoms with Gasteiger partial charge in [0, 0.05) is 23.7 Å². The summed E-state index contributed by atoms with van der Waals surface area (Å²) < 4.78 is 5.71. The minimum Gasteiger partial charge on any atom is -0.484 e. The second-order valence-electron chi connectivity index (χ2n) is 7.08. The molecule has 0 bridgehead atoms. The van der Waals surface area contributed by atoms with E-state index in [0.717, 1.165) is 38.9 Å². The first kappa shape index (κ1) is 20.1. The molecule has 2 aromatic carbocycles. The first-order valence-electron chi connectivity index (χ1n) is 10.0. The van der Waals surface area contributed by atoms with Crippen LogP contribution >= 0.6 is 0 Å². The van der Waals surface area contributed by atoms with Crippen LogP contribution in [-0.2, 0) is 4.79 Å². The molecule has 0 unspecified atom stereocenters. The molecule has 1 heterocycles. The van der Waals surface area contributed by atoms with Crippen LogP contribution in [0.1, 0.15) is 42.1 Å². The monoisotopic (exact) mass is 380 g/mol. The van der Waals surface area contributed by atoms with Crippen molar-refractivity contribution in [2.75, 3.05) is 26.2 Å². The SMILES string of the molecule is CCCN(C(=O)COc1ccc(C(=O)c2ccccc2)cc1)C1CCNCC1. The van der Waals surface area contributed by atoms with Crippen LogP contribution in [0.15, 0.2) is 54.6 Å². The summed E-state index contributed by atoms with van der Waals surface area (Å²) >= 11 is 0. The number of nitrogens with zero attached hydrogens (tertiary/aromatic N) is 1. The van der Waals surface area contributed by atoms with Crippen LogP contribution in [-0.4, -0.2) is 48.9 Å². The van der Waals surface area contributed by atoms with Crippen LogP contribution in [0.3, 0.4) is 0 Å². The molecule has 0 radical (unpaired) electrons. The van der Waals surface area contributed by atoms with E-state index in [1.807, 2.05) is 23.1 Å². The fourth-order valence-electron chi connectivity index (χ4n) is 3.56. The van der Waals surface area contributed by atoms with E-state index < -0.39 is 0 Å². The molecule has 1 aliphatic rings. The molecule has 1 fully saturated rings. The number of ketones is 1. The van der Waals surface area contributed by atoms with Crippen molar-refractivity contribution in [3.8, 4) is 5.75 Å². The zero-order chi connectivity index (χ0) is 19.8. The smallest absolute Gasteiger partial charge is 0.260 e. The average molecular weight is 380 g/mol. The number of carbonyl (C=O) groups excluding carboxylic acids is 2. The van der Waals surface area contributed by atoms with Gasteiger partial charge in [0.15, 0.2) is 12.4 Å². The fourth-order valence-corrected chi connectivity index (χ4v) is 3.56. The topological polar surface area (TPSA) is 58.6 Å². The third-order valence-corrected chi connectivity index (χ3v) is 5.05. The Labute approximate surface area is 166 Å².